The molecule has 3 N–H and O–H groups in total. The number of anilines is 2. The SMILES string of the molecule is COCC(C)CNc1ccc(N)c(OCC(C)C)n1. The summed E-state index contributed by atoms with van der Waals surface area (Å²) in [7, 11) is 1.70. The van der Waals surface area contributed by atoms with Gasteiger partial charge in [-0.05, 0) is 24.0 Å². The van der Waals surface area contributed by atoms with Gasteiger partial charge in [-0.3, -0.25) is 0 Å². The fourth-order valence-corrected chi connectivity index (χ4v) is 1.53. The van der Waals surface area contributed by atoms with Crippen LogP contribution in [0.2, 0.25) is 0 Å². The fourth-order valence-electron chi connectivity index (χ4n) is 1.53. The number of ether oxygens (including phenoxy) is 2. The maximum Gasteiger partial charge on any atom is 0.239 e. The number of methoxy groups -OCH3 is 1. The van der Waals surface area contributed by atoms with Crippen LogP contribution in [0.1, 0.15) is 20.8 Å². The van der Waals surface area contributed by atoms with Crippen molar-refractivity contribution in [3.05, 3.63) is 12.1 Å². The lowest BCUT2D eigenvalue weighted by Crippen LogP contribution is -2.17. The van der Waals surface area contributed by atoms with Crippen molar-refractivity contribution in [2.45, 2.75) is 20.8 Å². The van der Waals surface area contributed by atoms with E-state index in [-0.39, 0.29) is 0 Å². The Hall–Kier alpha value is -1.49. The van der Waals surface area contributed by atoms with E-state index in [4.69, 9.17) is 15.2 Å². The van der Waals surface area contributed by atoms with Gasteiger partial charge in [-0.15, -0.1) is 0 Å². The largest absolute Gasteiger partial charge is 0.476 e. The maximum atomic E-state index is 5.84. The quantitative estimate of drug-likeness (QED) is 0.757. The maximum absolute atomic E-state index is 5.84. The second-order valence-electron chi connectivity index (χ2n) is 5.24. The first-order valence-corrected chi connectivity index (χ1v) is 6.65. The first kappa shape index (κ1) is 15.6. The third-order valence-corrected chi connectivity index (χ3v) is 2.53. The molecule has 1 atom stereocenters. The third-order valence-electron chi connectivity index (χ3n) is 2.53. The van der Waals surface area contributed by atoms with Crippen molar-refractivity contribution in [2.75, 3.05) is 37.9 Å². The van der Waals surface area contributed by atoms with Crippen molar-refractivity contribution in [3.63, 3.8) is 0 Å². The summed E-state index contributed by atoms with van der Waals surface area (Å²) >= 11 is 0. The first-order chi connectivity index (χ1) is 9.02. The lowest BCUT2D eigenvalue weighted by Gasteiger charge is -2.14. The Bertz CT molecular complexity index is 383. The molecule has 19 heavy (non-hydrogen) atoms. The molecule has 5 nitrogen and oxygen atoms in total. The molecule has 5 heteroatoms. The number of hydrogen-bond acceptors (Lipinski definition) is 5. The highest BCUT2D eigenvalue weighted by molar-refractivity contribution is 5.53. The fraction of sp³-hybridized carbons (Fsp3) is 0.643. The van der Waals surface area contributed by atoms with Crippen molar-refractivity contribution in [1.29, 1.82) is 0 Å². The molecule has 0 amide bonds. The molecule has 108 valence electrons. The van der Waals surface area contributed by atoms with E-state index in [9.17, 15) is 0 Å². The molecular formula is C14H25N3O2. The minimum absolute atomic E-state index is 0.421. The summed E-state index contributed by atoms with van der Waals surface area (Å²) in [6, 6.07) is 3.67. The van der Waals surface area contributed by atoms with Crippen molar-refractivity contribution >= 4 is 11.5 Å². The molecule has 1 unspecified atom stereocenters. The van der Waals surface area contributed by atoms with E-state index in [1.165, 1.54) is 0 Å². The topological polar surface area (TPSA) is 69.4 Å². The molecule has 0 aliphatic heterocycles. The predicted molar refractivity (Wildman–Crippen MR) is 78.5 cm³/mol. The summed E-state index contributed by atoms with van der Waals surface area (Å²) in [5.74, 6) is 2.14. The molecule has 0 bridgehead atoms. The summed E-state index contributed by atoms with van der Waals surface area (Å²) in [5, 5.41) is 3.26. The zero-order chi connectivity index (χ0) is 14.3. The smallest absolute Gasteiger partial charge is 0.239 e. The first-order valence-electron chi connectivity index (χ1n) is 6.65. The van der Waals surface area contributed by atoms with Crippen molar-refractivity contribution in [1.82, 2.24) is 4.98 Å². The van der Waals surface area contributed by atoms with E-state index in [2.05, 4.69) is 31.1 Å². The van der Waals surface area contributed by atoms with Crippen molar-refractivity contribution in [3.8, 4) is 5.88 Å². The zero-order valence-corrected chi connectivity index (χ0v) is 12.3. The summed E-state index contributed by atoms with van der Waals surface area (Å²) in [4.78, 5) is 4.38. The zero-order valence-electron chi connectivity index (χ0n) is 12.3. The third kappa shape index (κ3) is 5.79. The second-order valence-corrected chi connectivity index (χ2v) is 5.24. The Labute approximate surface area is 115 Å². The minimum atomic E-state index is 0.421. The van der Waals surface area contributed by atoms with Crippen LogP contribution in [-0.2, 0) is 4.74 Å². The molecule has 0 fully saturated rings. The molecule has 1 aromatic heterocycles. The monoisotopic (exact) mass is 267 g/mol. The lowest BCUT2D eigenvalue weighted by atomic mass is 10.2. The summed E-state index contributed by atoms with van der Waals surface area (Å²) < 4.78 is 10.7. The van der Waals surface area contributed by atoms with E-state index >= 15 is 0 Å². The van der Waals surface area contributed by atoms with E-state index in [0.29, 0.717) is 30.0 Å². The second kappa shape index (κ2) is 7.84. The highest BCUT2D eigenvalue weighted by atomic mass is 16.5. The molecule has 0 aliphatic rings. The van der Waals surface area contributed by atoms with E-state index in [1.54, 1.807) is 7.11 Å². The molecule has 1 heterocycles. The normalized spacial score (nSPS) is 12.5. The number of rotatable bonds is 8. The number of nitrogens with two attached hydrogens (primary N) is 1. The van der Waals surface area contributed by atoms with Crippen LogP contribution in [0.4, 0.5) is 11.5 Å². The van der Waals surface area contributed by atoms with Gasteiger partial charge in [-0.25, -0.2) is 0 Å². The van der Waals surface area contributed by atoms with Crippen molar-refractivity contribution < 1.29 is 9.47 Å². The van der Waals surface area contributed by atoms with Gasteiger partial charge in [0.1, 0.15) is 5.82 Å². The van der Waals surface area contributed by atoms with Gasteiger partial charge in [0.15, 0.2) is 0 Å². The predicted octanol–water partition coefficient (Wildman–Crippen LogP) is 2.39. The van der Waals surface area contributed by atoms with Gasteiger partial charge < -0.3 is 20.5 Å². The average molecular weight is 267 g/mol. The van der Waals surface area contributed by atoms with Crippen LogP contribution in [0, 0.1) is 11.8 Å². The molecule has 0 aliphatic carbocycles. The van der Waals surface area contributed by atoms with Crippen molar-refractivity contribution in [2.24, 2.45) is 11.8 Å². The molecule has 0 saturated heterocycles. The summed E-state index contributed by atoms with van der Waals surface area (Å²) in [5.41, 5.74) is 6.41. The number of hydrogen-bond donors (Lipinski definition) is 2. The Morgan fingerprint density at radius 3 is 2.63 bits per heavy atom. The molecule has 1 rings (SSSR count). The number of pyridine rings is 1. The molecule has 0 spiro atoms. The Kier molecular flexibility index (Phi) is 6.42. The van der Waals surface area contributed by atoms with Crippen LogP contribution in [0.15, 0.2) is 12.1 Å². The van der Waals surface area contributed by atoms with Gasteiger partial charge in [0.05, 0.1) is 18.9 Å². The van der Waals surface area contributed by atoms with Crippen LogP contribution in [0.5, 0.6) is 5.88 Å². The number of aromatic nitrogens is 1. The van der Waals surface area contributed by atoms with Gasteiger partial charge in [0.25, 0.3) is 0 Å². The van der Waals surface area contributed by atoms with Crippen LogP contribution >= 0.6 is 0 Å². The van der Waals surface area contributed by atoms with Gasteiger partial charge in [0, 0.05) is 13.7 Å². The van der Waals surface area contributed by atoms with E-state index in [0.717, 1.165) is 19.0 Å². The lowest BCUT2D eigenvalue weighted by molar-refractivity contribution is 0.164. The molecule has 0 radical (unpaired) electrons. The minimum Gasteiger partial charge on any atom is -0.476 e. The Morgan fingerprint density at radius 1 is 1.26 bits per heavy atom. The Balaban J connectivity index is 2.57. The molecular weight excluding hydrogens is 242 g/mol. The van der Waals surface area contributed by atoms with Crippen LogP contribution in [-0.4, -0.2) is 31.9 Å². The van der Waals surface area contributed by atoms with E-state index in [1.807, 2.05) is 12.1 Å². The highest BCUT2D eigenvalue weighted by Gasteiger charge is 2.07. The molecule has 1 aromatic rings. The highest BCUT2D eigenvalue weighted by Crippen LogP contribution is 2.21. The average Bonchev–Trinajstić information content (AvgIpc) is 2.36. The van der Waals surface area contributed by atoms with E-state index < -0.39 is 0 Å². The summed E-state index contributed by atoms with van der Waals surface area (Å²) in [6.45, 7) is 8.42. The van der Waals surface area contributed by atoms with Gasteiger partial charge >= 0.3 is 0 Å². The van der Waals surface area contributed by atoms with Crippen LogP contribution < -0.4 is 15.8 Å². The molecule has 0 saturated carbocycles. The number of nitrogens with zero attached hydrogens (tertiary/aromatic N) is 1. The van der Waals surface area contributed by atoms with Gasteiger partial charge in [0.2, 0.25) is 5.88 Å². The molecule has 0 aromatic carbocycles. The number of nitrogens with one attached hydrogen (secondary N) is 1. The van der Waals surface area contributed by atoms with Gasteiger partial charge in [-0.2, -0.15) is 4.98 Å². The number of nitrogen functional groups attached to an aromatic ring is 1. The Morgan fingerprint density at radius 2 is 2.00 bits per heavy atom. The van der Waals surface area contributed by atoms with Gasteiger partial charge in [-0.1, -0.05) is 20.8 Å². The van der Waals surface area contributed by atoms with Crippen LogP contribution in [0.25, 0.3) is 0 Å². The van der Waals surface area contributed by atoms with Crippen LogP contribution in [0.3, 0.4) is 0 Å². The standard InChI is InChI=1S/C14H25N3O2/c1-10(2)8-19-14-12(15)5-6-13(17-14)16-7-11(3)9-18-4/h5-6,10-11H,7-9,15H2,1-4H3,(H,16,17). The summed E-state index contributed by atoms with van der Waals surface area (Å²) in [6.07, 6.45) is 0.